The normalized spacial score (nSPS) is 16.2. The lowest BCUT2D eigenvalue weighted by atomic mass is 10.1. The quantitative estimate of drug-likeness (QED) is 0.634. The maximum atomic E-state index is 12.0. The highest BCUT2D eigenvalue weighted by molar-refractivity contribution is 6.33. The Bertz CT molecular complexity index is 991. The summed E-state index contributed by atoms with van der Waals surface area (Å²) in [4.78, 5) is 46.9. The predicted molar refractivity (Wildman–Crippen MR) is 87.8 cm³/mol. The number of nitrogens with one attached hydrogen (secondary N) is 1. The van der Waals surface area contributed by atoms with Gasteiger partial charge in [0.05, 0.1) is 11.0 Å². The van der Waals surface area contributed by atoms with Gasteiger partial charge in [-0.05, 0) is 24.3 Å². The van der Waals surface area contributed by atoms with E-state index in [2.05, 4.69) is 0 Å². The summed E-state index contributed by atoms with van der Waals surface area (Å²) in [5.74, 6) is -2.43. The molecule has 1 fully saturated rings. The highest BCUT2D eigenvalue weighted by Gasteiger charge is 2.33. The van der Waals surface area contributed by atoms with Gasteiger partial charge in [0.15, 0.2) is 0 Å². The minimum absolute atomic E-state index is 0.0132. The summed E-state index contributed by atoms with van der Waals surface area (Å²) in [6, 6.07) is 6.44. The highest BCUT2D eigenvalue weighted by atomic mass is 35.5. The molecule has 2 aromatic rings. The molecule has 1 aromatic heterocycles. The Morgan fingerprint density at radius 3 is 2.62 bits per heavy atom. The molecule has 1 saturated heterocycles. The molecular weight excluding hydrogens is 364 g/mol. The van der Waals surface area contributed by atoms with Crippen LogP contribution in [-0.2, 0) is 9.59 Å². The topological polar surface area (TPSA) is 120 Å². The summed E-state index contributed by atoms with van der Waals surface area (Å²) in [5.41, 5.74) is 0.0937. The fourth-order valence-corrected chi connectivity index (χ4v) is 2.57. The van der Waals surface area contributed by atoms with Crippen LogP contribution in [0.1, 0.15) is 16.1 Å². The minimum atomic E-state index is -1.40. The van der Waals surface area contributed by atoms with E-state index >= 15 is 0 Å². The van der Waals surface area contributed by atoms with Crippen molar-refractivity contribution in [1.29, 1.82) is 0 Å². The molecule has 0 bridgehead atoms. The number of likely N-dealkylation sites (N-methyl/N-ethyl adjacent to an activating group) is 1. The molecule has 0 atom stereocenters. The van der Waals surface area contributed by atoms with Gasteiger partial charge < -0.3 is 14.3 Å². The number of benzene rings is 1. The Morgan fingerprint density at radius 1 is 1.23 bits per heavy atom. The maximum Gasteiger partial charge on any atom is 0.331 e. The van der Waals surface area contributed by atoms with Gasteiger partial charge in [-0.2, -0.15) is 0 Å². The molecule has 1 aliphatic rings. The molecule has 3 rings (SSSR count). The number of carboxylic acids is 1. The van der Waals surface area contributed by atoms with E-state index in [0.29, 0.717) is 11.3 Å². The summed E-state index contributed by atoms with van der Waals surface area (Å²) >= 11 is 5.90. The van der Waals surface area contributed by atoms with E-state index in [0.717, 1.165) is 4.90 Å². The number of carboxylic acid groups (broad SMARTS) is 1. The van der Waals surface area contributed by atoms with Gasteiger partial charge in [-0.1, -0.05) is 23.7 Å². The van der Waals surface area contributed by atoms with Gasteiger partial charge in [0.25, 0.3) is 11.8 Å². The molecule has 0 radical (unpaired) electrons. The molecule has 1 N–H and O–H groups in total. The van der Waals surface area contributed by atoms with Crippen LogP contribution >= 0.6 is 11.6 Å². The first-order chi connectivity index (χ1) is 12.3. The van der Waals surface area contributed by atoms with Crippen molar-refractivity contribution in [3.8, 4) is 11.3 Å². The van der Waals surface area contributed by atoms with Gasteiger partial charge in [0, 0.05) is 18.2 Å². The first-order valence-electron chi connectivity index (χ1n) is 7.24. The summed E-state index contributed by atoms with van der Waals surface area (Å²) in [6.07, 6.45) is 1.21. The molecule has 132 valence electrons. The van der Waals surface area contributed by atoms with Crippen molar-refractivity contribution >= 4 is 41.5 Å². The molecular formula is C17H10ClN2O6-. The molecule has 0 unspecified atom stereocenters. The standard InChI is InChI=1S/C17H11ClN2O6/c1-20-15(22)11(14(21)19-17(20)25)7-9-3-5-13(26-9)8-2-4-10(16(23)24)12(18)6-8/h2-7H,1H3,(H,23,24)(H,19,21,25)/p-1/b11-7-. The first kappa shape index (κ1) is 17.4. The Kier molecular flexibility index (Phi) is 4.35. The molecule has 1 aromatic carbocycles. The second kappa shape index (κ2) is 6.49. The molecule has 0 saturated carbocycles. The average Bonchev–Trinajstić information content (AvgIpc) is 3.05. The van der Waals surface area contributed by atoms with E-state index in [1.807, 2.05) is 5.32 Å². The number of imide groups is 2. The zero-order valence-electron chi connectivity index (χ0n) is 13.2. The largest absolute Gasteiger partial charge is 0.545 e. The van der Waals surface area contributed by atoms with Gasteiger partial charge >= 0.3 is 6.03 Å². The summed E-state index contributed by atoms with van der Waals surface area (Å²) < 4.78 is 5.55. The number of barbiturate groups is 1. The van der Waals surface area contributed by atoms with E-state index in [4.69, 9.17) is 16.0 Å². The number of nitrogens with zero attached hydrogens (tertiary/aromatic N) is 1. The smallest absolute Gasteiger partial charge is 0.331 e. The number of hydrogen-bond donors (Lipinski definition) is 1. The van der Waals surface area contributed by atoms with E-state index in [1.54, 1.807) is 6.07 Å². The third kappa shape index (κ3) is 3.09. The molecule has 1 aliphatic heterocycles. The van der Waals surface area contributed by atoms with Crippen molar-refractivity contribution in [1.82, 2.24) is 10.2 Å². The van der Waals surface area contributed by atoms with Gasteiger partial charge in [-0.25, -0.2) is 4.79 Å². The van der Waals surface area contributed by atoms with Crippen molar-refractivity contribution in [3.05, 3.63) is 52.3 Å². The number of amides is 4. The molecule has 4 amide bonds. The van der Waals surface area contributed by atoms with Gasteiger partial charge in [0.2, 0.25) is 0 Å². The number of furan rings is 1. The molecule has 8 nitrogen and oxygen atoms in total. The van der Waals surface area contributed by atoms with E-state index in [9.17, 15) is 24.3 Å². The van der Waals surface area contributed by atoms with Crippen molar-refractivity contribution in [2.75, 3.05) is 7.05 Å². The minimum Gasteiger partial charge on any atom is -0.545 e. The number of halogens is 1. The summed E-state index contributed by atoms with van der Waals surface area (Å²) in [5, 5.41) is 12.9. The van der Waals surface area contributed by atoms with E-state index in [1.165, 1.54) is 37.4 Å². The Hall–Kier alpha value is -3.39. The maximum absolute atomic E-state index is 12.0. The van der Waals surface area contributed by atoms with Gasteiger partial charge in [0.1, 0.15) is 17.1 Å². The number of hydrogen-bond acceptors (Lipinski definition) is 6. The molecule has 0 spiro atoms. The monoisotopic (exact) mass is 373 g/mol. The van der Waals surface area contributed by atoms with Crippen molar-refractivity contribution in [3.63, 3.8) is 0 Å². The van der Waals surface area contributed by atoms with Crippen LogP contribution in [0, 0.1) is 0 Å². The third-order valence-corrected chi connectivity index (χ3v) is 4.00. The van der Waals surface area contributed by atoms with Crippen LogP contribution in [0.2, 0.25) is 5.02 Å². The Morgan fingerprint density at radius 2 is 1.96 bits per heavy atom. The first-order valence-corrected chi connectivity index (χ1v) is 7.62. The number of urea groups is 1. The lowest BCUT2D eigenvalue weighted by Gasteiger charge is -2.21. The zero-order chi connectivity index (χ0) is 19.0. The van der Waals surface area contributed by atoms with Crippen LogP contribution in [0.5, 0.6) is 0 Å². The van der Waals surface area contributed by atoms with Gasteiger partial charge in [-0.3, -0.25) is 19.8 Å². The fraction of sp³-hybridized carbons (Fsp3) is 0.0588. The second-order valence-electron chi connectivity index (χ2n) is 5.37. The van der Waals surface area contributed by atoms with Crippen LogP contribution in [0.25, 0.3) is 17.4 Å². The van der Waals surface area contributed by atoms with E-state index < -0.39 is 23.8 Å². The SMILES string of the molecule is CN1C(=O)NC(=O)/C(=C/c2ccc(-c3ccc(C(=O)[O-])c(Cl)c3)o2)C1=O. The predicted octanol–water partition coefficient (Wildman–Crippen LogP) is 1.06. The second-order valence-corrected chi connectivity index (χ2v) is 5.77. The van der Waals surface area contributed by atoms with Crippen LogP contribution in [0.3, 0.4) is 0 Å². The number of rotatable bonds is 3. The van der Waals surface area contributed by atoms with Crippen LogP contribution < -0.4 is 10.4 Å². The highest BCUT2D eigenvalue weighted by Crippen LogP contribution is 2.28. The summed E-state index contributed by atoms with van der Waals surface area (Å²) in [6.45, 7) is 0. The zero-order valence-corrected chi connectivity index (χ0v) is 14.0. The van der Waals surface area contributed by atoms with Crippen molar-refractivity contribution < 1.29 is 28.7 Å². The number of carbonyl (C=O) groups is 4. The van der Waals surface area contributed by atoms with E-state index in [-0.39, 0.29) is 21.9 Å². The number of aromatic carboxylic acids is 1. The Balaban J connectivity index is 1.92. The Labute approximate surface area is 151 Å². The molecule has 26 heavy (non-hydrogen) atoms. The average molecular weight is 374 g/mol. The fourth-order valence-electron chi connectivity index (χ4n) is 2.31. The lowest BCUT2D eigenvalue weighted by Crippen LogP contribution is -2.52. The lowest BCUT2D eigenvalue weighted by molar-refractivity contribution is -0.255. The molecule has 0 aliphatic carbocycles. The number of carbonyl (C=O) groups excluding carboxylic acids is 4. The molecule has 9 heteroatoms. The third-order valence-electron chi connectivity index (χ3n) is 3.69. The van der Waals surface area contributed by atoms with Gasteiger partial charge in [-0.15, -0.1) is 0 Å². The molecule has 2 heterocycles. The summed E-state index contributed by atoms with van der Waals surface area (Å²) in [7, 11) is 1.24. The van der Waals surface area contributed by atoms with Crippen LogP contribution in [0.15, 0.2) is 40.3 Å². The van der Waals surface area contributed by atoms with Crippen molar-refractivity contribution in [2.24, 2.45) is 0 Å². The van der Waals surface area contributed by atoms with Crippen LogP contribution in [0.4, 0.5) is 4.79 Å². The van der Waals surface area contributed by atoms with Crippen LogP contribution in [-0.4, -0.2) is 35.8 Å². The van der Waals surface area contributed by atoms with Crippen molar-refractivity contribution in [2.45, 2.75) is 0 Å².